The number of rotatable bonds is 6. The first-order chi connectivity index (χ1) is 12.1. The zero-order valence-corrected chi connectivity index (χ0v) is 14.2. The van der Waals surface area contributed by atoms with Gasteiger partial charge in [-0.1, -0.05) is 35.5 Å². The standard InChI is InChI=1S/C17H15N3O4S/c1-11-7-8-13(25-11)17(22)18-9-15(21)23-10-14-19-16(20-24-14)12-5-3-2-4-6-12/h2-8H,9-10H2,1H3,(H,18,22). The van der Waals surface area contributed by atoms with Crippen LogP contribution < -0.4 is 5.32 Å². The van der Waals surface area contributed by atoms with Gasteiger partial charge in [-0.15, -0.1) is 11.3 Å². The van der Waals surface area contributed by atoms with E-state index in [9.17, 15) is 9.59 Å². The summed E-state index contributed by atoms with van der Waals surface area (Å²) in [7, 11) is 0. The van der Waals surface area contributed by atoms with Crippen LogP contribution in [-0.4, -0.2) is 28.6 Å². The molecule has 0 aliphatic rings. The third-order valence-electron chi connectivity index (χ3n) is 3.21. The number of nitrogens with zero attached hydrogens (tertiary/aromatic N) is 2. The normalized spacial score (nSPS) is 10.4. The SMILES string of the molecule is Cc1ccc(C(=O)NCC(=O)OCc2nc(-c3ccccc3)no2)s1. The predicted octanol–water partition coefficient (Wildman–Crippen LogP) is 2.58. The van der Waals surface area contributed by atoms with Crippen LogP contribution in [0.4, 0.5) is 0 Å². The summed E-state index contributed by atoms with van der Waals surface area (Å²) in [5, 5.41) is 6.34. The van der Waals surface area contributed by atoms with Gasteiger partial charge in [-0.3, -0.25) is 9.59 Å². The summed E-state index contributed by atoms with van der Waals surface area (Å²) in [4.78, 5) is 29.3. The van der Waals surface area contributed by atoms with E-state index in [1.165, 1.54) is 11.3 Å². The second-order valence-electron chi connectivity index (χ2n) is 5.13. The summed E-state index contributed by atoms with van der Waals surface area (Å²) in [6, 6.07) is 12.9. The molecule has 1 aromatic carbocycles. The molecule has 0 bridgehead atoms. The number of thiophene rings is 1. The Kier molecular flexibility index (Phi) is 5.20. The molecule has 0 radical (unpaired) electrons. The van der Waals surface area contributed by atoms with Crippen molar-refractivity contribution < 1.29 is 18.8 Å². The third kappa shape index (κ3) is 4.51. The van der Waals surface area contributed by atoms with Crippen LogP contribution in [0.25, 0.3) is 11.4 Å². The van der Waals surface area contributed by atoms with Gasteiger partial charge in [0.15, 0.2) is 6.61 Å². The first-order valence-corrected chi connectivity index (χ1v) is 8.32. The first kappa shape index (κ1) is 16.8. The molecule has 0 saturated carbocycles. The highest BCUT2D eigenvalue weighted by Gasteiger charge is 2.13. The van der Waals surface area contributed by atoms with E-state index in [4.69, 9.17) is 9.26 Å². The number of nitrogens with one attached hydrogen (secondary N) is 1. The van der Waals surface area contributed by atoms with Crippen LogP contribution in [0.2, 0.25) is 0 Å². The average Bonchev–Trinajstić information content (AvgIpc) is 3.28. The Hall–Kier alpha value is -3.00. The summed E-state index contributed by atoms with van der Waals surface area (Å²) >= 11 is 1.36. The van der Waals surface area contributed by atoms with Crippen LogP contribution in [0.3, 0.4) is 0 Å². The summed E-state index contributed by atoms with van der Waals surface area (Å²) in [5.41, 5.74) is 0.808. The first-order valence-electron chi connectivity index (χ1n) is 7.50. The fourth-order valence-corrected chi connectivity index (χ4v) is 2.79. The quantitative estimate of drug-likeness (QED) is 0.682. The van der Waals surface area contributed by atoms with Gasteiger partial charge in [0, 0.05) is 10.4 Å². The van der Waals surface area contributed by atoms with Crippen molar-refractivity contribution in [2.24, 2.45) is 0 Å². The molecule has 3 aromatic rings. The molecule has 1 amide bonds. The van der Waals surface area contributed by atoms with Crippen molar-refractivity contribution in [2.75, 3.05) is 6.54 Å². The van der Waals surface area contributed by atoms with Crippen LogP contribution in [0, 0.1) is 6.92 Å². The number of hydrogen-bond donors (Lipinski definition) is 1. The minimum absolute atomic E-state index is 0.146. The van der Waals surface area contributed by atoms with Gasteiger partial charge in [0.05, 0.1) is 4.88 Å². The number of aryl methyl sites for hydroxylation is 1. The molecule has 2 heterocycles. The Bertz CT molecular complexity index is 873. The van der Waals surface area contributed by atoms with Crippen molar-refractivity contribution in [1.82, 2.24) is 15.5 Å². The van der Waals surface area contributed by atoms with Gasteiger partial charge in [-0.25, -0.2) is 0 Å². The molecule has 0 atom stereocenters. The largest absolute Gasteiger partial charge is 0.454 e. The number of carbonyl (C=O) groups is 2. The van der Waals surface area contributed by atoms with Crippen molar-refractivity contribution in [3.05, 3.63) is 58.1 Å². The monoisotopic (exact) mass is 357 g/mol. The Morgan fingerprint density at radius 1 is 1.20 bits per heavy atom. The molecule has 7 nitrogen and oxygen atoms in total. The fraction of sp³-hybridized carbons (Fsp3) is 0.176. The molecule has 0 aliphatic carbocycles. The Morgan fingerprint density at radius 3 is 2.72 bits per heavy atom. The molecule has 1 N–H and O–H groups in total. The lowest BCUT2D eigenvalue weighted by Crippen LogP contribution is -2.30. The number of esters is 1. The number of amides is 1. The number of carbonyl (C=O) groups excluding carboxylic acids is 2. The van der Waals surface area contributed by atoms with Crippen LogP contribution in [0.5, 0.6) is 0 Å². The zero-order valence-electron chi connectivity index (χ0n) is 13.4. The molecular weight excluding hydrogens is 342 g/mol. The summed E-state index contributed by atoms with van der Waals surface area (Å²) < 4.78 is 10.1. The third-order valence-corrected chi connectivity index (χ3v) is 4.21. The predicted molar refractivity (Wildman–Crippen MR) is 90.9 cm³/mol. The van der Waals surface area contributed by atoms with Crippen LogP contribution in [0.15, 0.2) is 47.0 Å². The molecule has 0 unspecified atom stereocenters. The maximum Gasteiger partial charge on any atom is 0.325 e. The van der Waals surface area contributed by atoms with Crippen molar-refractivity contribution in [3.8, 4) is 11.4 Å². The Labute approximate surface area is 147 Å². The van der Waals surface area contributed by atoms with E-state index in [2.05, 4.69) is 15.5 Å². The molecule has 3 rings (SSSR count). The number of ether oxygens (including phenoxy) is 1. The number of aromatic nitrogens is 2. The van der Waals surface area contributed by atoms with E-state index < -0.39 is 5.97 Å². The van der Waals surface area contributed by atoms with E-state index in [1.54, 1.807) is 6.07 Å². The molecular formula is C17H15N3O4S. The summed E-state index contributed by atoms with van der Waals surface area (Å²) in [6.45, 7) is 1.53. The van der Waals surface area contributed by atoms with Crippen molar-refractivity contribution in [3.63, 3.8) is 0 Å². The topological polar surface area (TPSA) is 94.3 Å². The van der Waals surface area contributed by atoms with Gasteiger partial charge in [0.25, 0.3) is 11.8 Å². The van der Waals surface area contributed by atoms with Crippen molar-refractivity contribution in [2.45, 2.75) is 13.5 Å². The lowest BCUT2D eigenvalue weighted by atomic mass is 10.2. The molecule has 8 heteroatoms. The smallest absolute Gasteiger partial charge is 0.325 e. The zero-order chi connectivity index (χ0) is 17.6. The molecule has 0 aliphatic heterocycles. The number of hydrogen-bond acceptors (Lipinski definition) is 7. The molecule has 0 spiro atoms. The van der Waals surface area contributed by atoms with Crippen LogP contribution in [0.1, 0.15) is 20.4 Å². The van der Waals surface area contributed by atoms with Gasteiger partial charge in [-0.05, 0) is 19.1 Å². The van der Waals surface area contributed by atoms with Gasteiger partial charge >= 0.3 is 5.97 Å². The Balaban J connectivity index is 1.46. The second-order valence-corrected chi connectivity index (χ2v) is 6.42. The highest BCUT2D eigenvalue weighted by atomic mass is 32.1. The lowest BCUT2D eigenvalue weighted by molar-refractivity contribution is -0.144. The molecule has 0 fully saturated rings. The minimum atomic E-state index is -0.582. The van der Waals surface area contributed by atoms with E-state index in [0.717, 1.165) is 10.4 Å². The van der Waals surface area contributed by atoms with E-state index in [-0.39, 0.29) is 24.9 Å². The average molecular weight is 357 g/mol. The van der Waals surface area contributed by atoms with Gasteiger partial charge < -0.3 is 14.6 Å². The van der Waals surface area contributed by atoms with Crippen molar-refractivity contribution in [1.29, 1.82) is 0 Å². The summed E-state index contributed by atoms with van der Waals surface area (Å²) in [5.74, 6) is -0.277. The van der Waals surface area contributed by atoms with Crippen LogP contribution >= 0.6 is 11.3 Å². The maximum absolute atomic E-state index is 11.8. The molecule has 0 saturated heterocycles. The molecule has 128 valence electrons. The summed E-state index contributed by atoms with van der Waals surface area (Å²) in [6.07, 6.45) is 0. The van der Waals surface area contributed by atoms with Crippen LogP contribution in [-0.2, 0) is 16.1 Å². The van der Waals surface area contributed by atoms with Crippen molar-refractivity contribution >= 4 is 23.2 Å². The lowest BCUT2D eigenvalue weighted by Gasteiger charge is -2.03. The van der Waals surface area contributed by atoms with E-state index in [1.807, 2.05) is 43.3 Å². The second kappa shape index (κ2) is 7.71. The Morgan fingerprint density at radius 2 is 2.00 bits per heavy atom. The molecule has 25 heavy (non-hydrogen) atoms. The maximum atomic E-state index is 11.8. The highest BCUT2D eigenvalue weighted by molar-refractivity contribution is 7.13. The van der Waals surface area contributed by atoms with E-state index in [0.29, 0.717) is 10.7 Å². The number of benzene rings is 1. The van der Waals surface area contributed by atoms with Gasteiger partial charge in [0.2, 0.25) is 5.82 Å². The van der Waals surface area contributed by atoms with Gasteiger partial charge in [0.1, 0.15) is 6.54 Å². The molecule has 2 aromatic heterocycles. The minimum Gasteiger partial charge on any atom is -0.454 e. The fourth-order valence-electron chi connectivity index (χ4n) is 2.01. The van der Waals surface area contributed by atoms with E-state index >= 15 is 0 Å². The highest BCUT2D eigenvalue weighted by Crippen LogP contribution is 2.15. The van der Waals surface area contributed by atoms with Gasteiger partial charge in [-0.2, -0.15) is 4.98 Å².